The van der Waals surface area contributed by atoms with Crippen LogP contribution in [-0.2, 0) is 16.0 Å². The fraction of sp³-hybridized carbons (Fsp3) is 0.438. The zero-order chi connectivity index (χ0) is 16.1. The Morgan fingerprint density at radius 3 is 2.86 bits per heavy atom. The molecule has 2 rings (SSSR count). The number of carboxylic acids is 1. The summed E-state index contributed by atoms with van der Waals surface area (Å²) in [7, 11) is 0. The molecule has 0 bridgehead atoms. The fourth-order valence-electron chi connectivity index (χ4n) is 2.29. The minimum absolute atomic E-state index is 0.00631. The first-order valence-corrected chi connectivity index (χ1v) is 7.38. The Hall–Kier alpha value is -2.37. The largest absolute Gasteiger partial charge is 0.480 e. The van der Waals surface area contributed by atoms with Crippen molar-refractivity contribution in [1.82, 2.24) is 10.5 Å². The minimum Gasteiger partial charge on any atom is -0.480 e. The predicted octanol–water partition coefficient (Wildman–Crippen LogP) is 2.44. The second-order valence-electron chi connectivity index (χ2n) is 5.41. The third-order valence-electron chi connectivity index (χ3n) is 3.51. The SMILES string of the molecule is CCCCC(NC(=O)Cc1noc2ccc(C)cc12)C(=O)O. The van der Waals surface area contributed by atoms with Gasteiger partial charge in [0.05, 0.1) is 6.42 Å². The van der Waals surface area contributed by atoms with Gasteiger partial charge in [0.1, 0.15) is 11.7 Å². The lowest BCUT2D eigenvalue weighted by Crippen LogP contribution is -2.41. The number of carboxylic acid groups (broad SMARTS) is 1. The Labute approximate surface area is 128 Å². The molecule has 118 valence electrons. The Morgan fingerprint density at radius 1 is 1.41 bits per heavy atom. The topological polar surface area (TPSA) is 92.4 Å². The number of nitrogens with zero attached hydrogens (tertiary/aromatic N) is 1. The average Bonchev–Trinajstić information content (AvgIpc) is 2.85. The fourth-order valence-corrected chi connectivity index (χ4v) is 2.29. The summed E-state index contributed by atoms with van der Waals surface area (Å²) in [5, 5.41) is 16.4. The molecule has 1 amide bonds. The highest BCUT2D eigenvalue weighted by Crippen LogP contribution is 2.20. The molecule has 0 radical (unpaired) electrons. The number of carbonyl (C=O) groups is 2. The first-order valence-electron chi connectivity index (χ1n) is 7.38. The highest BCUT2D eigenvalue weighted by atomic mass is 16.5. The van der Waals surface area contributed by atoms with Gasteiger partial charge in [-0.05, 0) is 25.5 Å². The predicted molar refractivity (Wildman–Crippen MR) is 81.5 cm³/mol. The third kappa shape index (κ3) is 3.84. The molecule has 0 saturated heterocycles. The number of aliphatic carboxylic acids is 1. The molecule has 6 nitrogen and oxygen atoms in total. The lowest BCUT2D eigenvalue weighted by Gasteiger charge is -2.13. The Balaban J connectivity index is 2.06. The van der Waals surface area contributed by atoms with Crippen LogP contribution in [0.3, 0.4) is 0 Å². The van der Waals surface area contributed by atoms with Crippen molar-refractivity contribution in [2.24, 2.45) is 0 Å². The van der Waals surface area contributed by atoms with Gasteiger partial charge in [-0.1, -0.05) is 36.6 Å². The molecular formula is C16H20N2O4. The van der Waals surface area contributed by atoms with Crippen LogP contribution in [0.1, 0.15) is 37.4 Å². The first kappa shape index (κ1) is 16.0. The molecule has 0 aliphatic carbocycles. The molecule has 0 fully saturated rings. The molecular weight excluding hydrogens is 284 g/mol. The molecule has 6 heteroatoms. The molecule has 1 aromatic carbocycles. The van der Waals surface area contributed by atoms with Crippen LogP contribution in [-0.4, -0.2) is 28.2 Å². The van der Waals surface area contributed by atoms with Gasteiger partial charge in [0.25, 0.3) is 0 Å². The first-order chi connectivity index (χ1) is 10.5. The van der Waals surface area contributed by atoms with Crippen molar-refractivity contribution >= 4 is 22.8 Å². The number of hydrogen-bond donors (Lipinski definition) is 2. The average molecular weight is 304 g/mol. The van der Waals surface area contributed by atoms with Crippen LogP contribution in [0.5, 0.6) is 0 Å². The van der Waals surface area contributed by atoms with Crippen molar-refractivity contribution in [3.05, 3.63) is 29.5 Å². The van der Waals surface area contributed by atoms with E-state index in [9.17, 15) is 9.59 Å². The Bertz CT molecular complexity index is 678. The van der Waals surface area contributed by atoms with Crippen LogP contribution in [0.15, 0.2) is 22.7 Å². The number of hydrogen-bond acceptors (Lipinski definition) is 4. The lowest BCUT2D eigenvalue weighted by atomic mass is 10.1. The smallest absolute Gasteiger partial charge is 0.326 e. The van der Waals surface area contributed by atoms with Crippen molar-refractivity contribution in [3.63, 3.8) is 0 Å². The highest BCUT2D eigenvalue weighted by molar-refractivity contribution is 5.88. The number of aryl methyl sites for hydroxylation is 1. The van der Waals surface area contributed by atoms with Gasteiger partial charge in [0.2, 0.25) is 5.91 Å². The maximum Gasteiger partial charge on any atom is 0.326 e. The van der Waals surface area contributed by atoms with E-state index in [4.69, 9.17) is 9.63 Å². The lowest BCUT2D eigenvalue weighted by molar-refractivity contribution is -0.142. The van der Waals surface area contributed by atoms with Crippen LogP contribution >= 0.6 is 0 Å². The number of rotatable bonds is 7. The molecule has 2 aromatic rings. The molecule has 0 aliphatic rings. The van der Waals surface area contributed by atoms with E-state index >= 15 is 0 Å². The van der Waals surface area contributed by atoms with Crippen LogP contribution in [0.2, 0.25) is 0 Å². The summed E-state index contributed by atoms with van der Waals surface area (Å²) in [6, 6.07) is 4.76. The van der Waals surface area contributed by atoms with E-state index in [1.54, 1.807) is 6.07 Å². The van der Waals surface area contributed by atoms with Gasteiger partial charge in [-0.2, -0.15) is 0 Å². The zero-order valence-electron chi connectivity index (χ0n) is 12.8. The van der Waals surface area contributed by atoms with E-state index in [0.29, 0.717) is 17.7 Å². The van der Waals surface area contributed by atoms with Crippen molar-refractivity contribution in [1.29, 1.82) is 0 Å². The summed E-state index contributed by atoms with van der Waals surface area (Å²) in [4.78, 5) is 23.2. The minimum atomic E-state index is -1.01. The quantitative estimate of drug-likeness (QED) is 0.819. The van der Waals surface area contributed by atoms with Crippen molar-refractivity contribution in [2.45, 2.75) is 45.6 Å². The van der Waals surface area contributed by atoms with E-state index < -0.39 is 12.0 Å². The number of amides is 1. The van der Waals surface area contributed by atoms with Gasteiger partial charge in [0.15, 0.2) is 5.58 Å². The van der Waals surface area contributed by atoms with E-state index in [2.05, 4.69) is 10.5 Å². The number of carbonyl (C=O) groups excluding carboxylic acids is 1. The number of unbranched alkanes of at least 4 members (excludes halogenated alkanes) is 1. The highest BCUT2D eigenvalue weighted by Gasteiger charge is 2.20. The molecule has 22 heavy (non-hydrogen) atoms. The standard InChI is InChI=1S/C16H20N2O4/c1-3-4-5-12(16(20)21)17-15(19)9-13-11-8-10(2)6-7-14(11)22-18-13/h6-8,12H,3-5,9H2,1-2H3,(H,17,19)(H,20,21). The number of benzene rings is 1. The van der Waals surface area contributed by atoms with Gasteiger partial charge in [-0.3, -0.25) is 4.79 Å². The molecule has 0 saturated carbocycles. The van der Waals surface area contributed by atoms with Gasteiger partial charge < -0.3 is 14.9 Å². The van der Waals surface area contributed by atoms with Crippen LogP contribution < -0.4 is 5.32 Å². The van der Waals surface area contributed by atoms with Crippen molar-refractivity contribution in [2.75, 3.05) is 0 Å². The number of fused-ring (bicyclic) bond motifs is 1. The summed E-state index contributed by atoms with van der Waals surface area (Å²) in [5.41, 5.74) is 2.19. The maximum atomic E-state index is 12.1. The van der Waals surface area contributed by atoms with Crippen LogP contribution in [0.25, 0.3) is 11.0 Å². The summed E-state index contributed by atoms with van der Waals surface area (Å²) in [5.74, 6) is -1.37. The van der Waals surface area contributed by atoms with E-state index in [1.165, 1.54) is 0 Å². The van der Waals surface area contributed by atoms with Gasteiger partial charge in [-0.15, -0.1) is 0 Å². The number of nitrogens with one attached hydrogen (secondary N) is 1. The van der Waals surface area contributed by atoms with Gasteiger partial charge >= 0.3 is 5.97 Å². The molecule has 0 aliphatic heterocycles. The molecule has 2 N–H and O–H groups in total. The van der Waals surface area contributed by atoms with Gasteiger partial charge in [0, 0.05) is 5.39 Å². The zero-order valence-corrected chi connectivity index (χ0v) is 12.8. The summed E-state index contributed by atoms with van der Waals surface area (Å²) in [6.45, 7) is 3.92. The van der Waals surface area contributed by atoms with Gasteiger partial charge in [-0.25, -0.2) is 4.79 Å². The summed E-state index contributed by atoms with van der Waals surface area (Å²) < 4.78 is 5.18. The van der Waals surface area contributed by atoms with E-state index in [-0.39, 0.29) is 12.3 Å². The maximum absolute atomic E-state index is 12.1. The Kier molecular flexibility index (Phi) is 5.14. The van der Waals surface area contributed by atoms with Crippen LogP contribution in [0.4, 0.5) is 0 Å². The molecule has 1 aromatic heterocycles. The van der Waals surface area contributed by atoms with E-state index in [0.717, 1.165) is 23.8 Å². The van der Waals surface area contributed by atoms with E-state index in [1.807, 2.05) is 26.0 Å². The number of aromatic nitrogens is 1. The van der Waals surface area contributed by atoms with Crippen molar-refractivity contribution in [3.8, 4) is 0 Å². The monoisotopic (exact) mass is 304 g/mol. The summed E-state index contributed by atoms with van der Waals surface area (Å²) in [6.07, 6.45) is 2.07. The summed E-state index contributed by atoms with van der Waals surface area (Å²) >= 11 is 0. The second kappa shape index (κ2) is 7.06. The molecule has 1 unspecified atom stereocenters. The Morgan fingerprint density at radius 2 is 2.18 bits per heavy atom. The van der Waals surface area contributed by atoms with Crippen LogP contribution in [0, 0.1) is 6.92 Å². The van der Waals surface area contributed by atoms with Crippen molar-refractivity contribution < 1.29 is 19.2 Å². The molecule has 1 heterocycles. The molecule has 1 atom stereocenters. The second-order valence-corrected chi connectivity index (χ2v) is 5.41. The molecule has 0 spiro atoms. The third-order valence-corrected chi connectivity index (χ3v) is 3.51. The normalized spacial score (nSPS) is 12.3.